The predicted molar refractivity (Wildman–Crippen MR) is 93.6 cm³/mol. The van der Waals surface area contributed by atoms with Crippen molar-refractivity contribution in [3.8, 4) is 0 Å². The highest BCUT2D eigenvalue weighted by Gasteiger charge is 2.21. The van der Waals surface area contributed by atoms with E-state index in [0.29, 0.717) is 18.0 Å². The Morgan fingerprint density at radius 3 is 3.08 bits per heavy atom. The molecule has 2 aromatic rings. The molecule has 24 heavy (non-hydrogen) atoms. The highest BCUT2D eigenvalue weighted by Crippen LogP contribution is 2.20. The van der Waals surface area contributed by atoms with Crippen LogP contribution in [0.25, 0.3) is 0 Å². The van der Waals surface area contributed by atoms with Gasteiger partial charge in [0.05, 0.1) is 5.56 Å². The fourth-order valence-corrected chi connectivity index (χ4v) is 3.08. The van der Waals surface area contributed by atoms with E-state index in [2.05, 4.69) is 20.2 Å². The molecule has 126 valence electrons. The van der Waals surface area contributed by atoms with Gasteiger partial charge in [-0.15, -0.1) is 0 Å². The zero-order chi connectivity index (χ0) is 16.9. The first-order valence-corrected chi connectivity index (χ1v) is 8.33. The number of carbonyl (C=O) groups excluding carboxylic acids is 1. The quantitative estimate of drug-likeness (QED) is 0.888. The van der Waals surface area contributed by atoms with Crippen molar-refractivity contribution in [2.45, 2.75) is 12.8 Å². The number of nitrogens with one attached hydrogen (secondary N) is 2. The third-order valence-electron chi connectivity index (χ3n) is 4.16. The van der Waals surface area contributed by atoms with Gasteiger partial charge in [-0.25, -0.2) is 4.98 Å². The van der Waals surface area contributed by atoms with Crippen molar-refractivity contribution in [1.29, 1.82) is 0 Å². The van der Waals surface area contributed by atoms with E-state index < -0.39 is 5.56 Å². The number of amides is 1. The van der Waals surface area contributed by atoms with Crippen LogP contribution in [0.1, 0.15) is 23.2 Å². The van der Waals surface area contributed by atoms with Crippen molar-refractivity contribution in [3.05, 3.63) is 57.6 Å². The van der Waals surface area contributed by atoms with E-state index in [4.69, 9.17) is 11.6 Å². The van der Waals surface area contributed by atoms with Gasteiger partial charge in [-0.1, -0.05) is 17.7 Å². The molecule has 0 spiro atoms. The lowest BCUT2D eigenvalue weighted by atomic mass is 9.98. The third-order valence-corrected chi connectivity index (χ3v) is 4.44. The van der Waals surface area contributed by atoms with E-state index in [1.54, 1.807) is 6.20 Å². The molecule has 2 N–H and O–H groups in total. The number of pyridine rings is 2. The van der Waals surface area contributed by atoms with Gasteiger partial charge in [0.1, 0.15) is 10.8 Å². The molecule has 2 aromatic heterocycles. The first-order chi connectivity index (χ1) is 11.6. The van der Waals surface area contributed by atoms with Crippen LogP contribution in [0.4, 0.5) is 5.82 Å². The Bertz CT molecular complexity index is 763. The molecule has 0 bridgehead atoms. The summed E-state index contributed by atoms with van der Waals surface area (Å²) in [6, 6.07) is 7.27. The van der Waals surface area contributed by atoms with Gasteiger partial charge in [0.2, 0.25) is 0 Å². The lowest BCUT2D eigenvalue weighted by molar-refractivity contribution is 0.0945. The van der Waals surface area contributed by atoms with Gasteiger partial charge in [0.15, 0.2) is 0 Å². The summed E-state index contributed by atoms with van der Waals surface area (Å²) in [5.41, 5.74) is -0.0384. The summed E-state index contributed by atoms with van der Waals surface area (Å²) in [5, 5.41) is 2.94. The van der Waals surface area contributed by atoms with Gasteiger partial charge in [-0.2, -0.15) is 0 Å². The number of aromatic nitrogens is 2. The second-order valence-corrected chi connectivity index (χ2v) is 6.32. The van der Waals surface area contributed by atoms with Crippen LogP contribution < -0.4 is 15.8 Å². The predicted octanol–water partition coefficient (Wildman–Crippen LogP) is 2.07. The maximum atomic E-state index is 12.2. The molecular weight excluding hydrogens is 328 g/mol. The molecule has 3 rings (SSSR count). The van der Waals surface area contributed by atoms with Gasteiger partial charge in [0.25, 0.3) is 11.5 Å². The molecule has 3 heterocycles. The van der Waals surface area contributed by atoms with Crippen LogP contribution >= 0.6 is 11.6 Å². The fraction of sp³-hybridized carbons (Fsp3) is 0.353. The molecular formula is C17H19ClN4O2. The zero-order valence-electron chi connectivity index (χ0n) is 13.2. The van der Waals surface area contributed by atoms with E-state index in [1.807, 2.05) is 18.2 Å². The van der Waals surface area contributed by atoms with Crippen LogP contribution in [-0.4, -0.2) is 35.5 Å². The normalized spacial score (nSPS) is 17.5. The lowest BCUT2D eigenvalue weighted by Crippen LogP contribution is -2.41. The first kappa shape index (κ1) is 16.5. The minimum atomic E-state index is -0.397. The van der Waals surface area contributed by atoms with Crippen molar-refractivity contribution < 1.29 is 4.79 Å². The Balaban J connectivity index is 1.57. The molecule has 1 aliphatic heterocycles. The third kappa shape index (κ3) is 3.94. The van der Waals surface area contributed by atoms with Crippen molar-refractivity contribution in [2.75, 3.05) is 24.5 Å². The number of hydrogen-bond donors (Lipinski definition) is 2. The highest BCUT2D eigenvalue weighted by atomic mass is 35.5. The molecule has 1 saturated heterocycles. The molecule has 1 fully saturated rings. The van der Waals surface area contributed by atoms with E-state index in [0.717, 1.165) is 31.7 Å². The second kappa shape index (κ2) is 7.49. The van der Waals surface area contributed by atoms with E-state index >= 15 is 0 Å². The molecule has 1 amide bonds. The summed E-state index contributed by atoms with van der Waals surface area (Å²) in [5.74, 6) is 1.10. The van der Waals surface area contributed by atoms with Crippen LogP contribution in [0.2, 0.25) is 5.02 Å². The number of piperidine rings is 1. The summed E-state index contributed by atoms with van der Waals surface area (Å²) < 4.78 is 0. The van der Waals surface area contributed by atoms with Crippen LogP contribution in [0.15, 0.2) is 41.5 Å². The van der Waals surface area contributed by atoms with Crippen molar-refractivity contribution in [2.24, 2.45) is 5.92 Å². The Labute approximate surface area is 144 Å². The van der Waals surface area contributed by atoms with Crippen molar-refractivity contribution >= 4 is 23.3 Å². The van der Waals surface area contributed by atoms with Gasteiger partial charge in [0, 0.05) is 32.0 Å². The molecule has 1 aliphatic rings. The number of halogens is 1. The average molecular weight is 347 g/mol. The number of hydrogen-bond acceptors (Lipinski definition) is 4. The number of aromatic amines is 1. The first-order valence-electron chi connectivity index (χ1n) is 7.96. The average Bonchev–Trinajstić information content (AvgIpc) is 2.63. The number of H-pyrrole nitrogens is 1. The van der Waals surface area contributed by atoms with Crippen molar-refractivity contribution in [3.63, 3.8) is 0 Å². The topological polar surface area (TPSA) is 78.1 Å². The molecule has 7 heteroatoms. The summed E-state index contributed by atoms with van der Waals surface area (Å²) in [6.07, 6.45) is 5.31. The molecule has 0 saturated carbocycles. The van der Waals surface area contributed by atoms with Gasteiger partial charge < -0.3 is 15.2 Å². The number of nitrogens with zero attached hydrogens (tertiary/aromatic N) is 2. The van der Waals surface area contributed by atoms with Crippen LogP contribution in [0.5, 0.6) is 0 Å². The van der Waals surface area contributed by atoms with E-state index in [9.17, 15) is 9.59 Å². The number of anilines is 1. The zero-order valence-corrected chi connectivity index (χ0v) is 13.9. The molecule has 0 aromatic carbocycles. The van der Waals surface area contributed by atoms with Crippen LogP contribution in [0.3, 0.4) is 0 Å². The molecule has 0 unspecified atom stereocenters. The number of rotatable bonds is 4. The van der Waals surface area contributed by atoms with E-state index in [1.165, 1.54) is 12.3 Å². The minimum Gasteiger partial charge on any atom is -0.356 e. The van der Waals surface area contributed by atoms with Gasteiger partial charge >= 0.3 is 0 Å². The Kier molecular flexibility index (Phi) is 5.15. The largest absolute Gasteiger partial charge is 0.356 e. The van der Waals surface area contributed by atoms with Crippen LogP contribution in [-0.2, 0) is 0 Å². The lowest BCUT2D eigenvalue weighted by Gasteiger charge is -2.33. The summed E-state index contributed by atoms with van der Waals surface area (Å²) in [7, 11) is 0. The molecule has 6 nitrogen and oxygen atoms in total. The van der Waals surface area contributed by atoms with Crippen LogP contribution in [0, 0.1) is 5.92 Å². The molecule has 0 radical (unpaired) electrons. The Morgan fingerprint density at radius 2 is 2.33 bits per heavy atom. The smallest absolute Gasteiger partial charge is 0.266 e. The Hall–Kier alpha value is -2.34. The Morgan fingerprint density at radius 1 is 1.46 bits per heavy atom. The standard InChI is InChI=1S/C17H19ClN4O2/c18-14-8-13(10-21-17(14)24)16(23)20-9-12-4-3-7-22(11-12)15-5-1-2-6-19-15/h1-2,5-6,8,10,12H,3-4,7,9,11H2,(H,20,23)(H,21,24)/t12-/m0/s1. The van der Waals surface area contributed by atoms with E-state index in [-0.39, 0.29) is 10.9 Å². The summed E-state index contributed by atoms with van der Waals surface area (Å²) in [4.78, 5) is 32.5. The summed E-state index contributed by atoms with van der Waals surface area (Å²) >= 11 is 5.76. The SMILES string of the molecule is O=C(NC[C@@H]1CCCN(c2ccccn2)C1)c1c[nH]c(=O)c(Cl)c1. The number of carbonyl (C=O) groups is 1. The van der Waals surface area contributed by atoms with Gasteiger partial charge in [-0.3, -0.25) is 9.59 Å². The minimum absolute atomic E-state index is 0.0154. The maximum Gasteiger partial charge on any atom is 0.266 e. The fourth-order valence-electron chi connectivity index (χ4n) is 2.91. The second-order valence-electron chi connectivity index (χ2n) is 5.92. The highest BCUT2D eigenvalue weighted by molar-refractivity contribution is 6.30. The molecule has 0 aliphatic carbocycles. The maximum absolute atomic E-state index is 12.2. The monoisotopic (exact) mass is 346 g/mol. The summed E-state index contributed by atoms with van der Waals surface area (Å²) in [6.45, 7) is 2.43. The van der Waals surface area contributed by atoms with Gasteiger partial charge in [-0.05, 0) is 37.0 Å². The van der Waals surface area contributed by atoms with Crippen molar-refractivity contribution in [1.82, 2.24) is 15.3 Å². The molecule has 1 atom stereocenters.